The van der Waals surface area contributed by atoms with E-state index < -0.39 is 0 Å². The van der Waals surface area contributed by atoms with Crippen LogP contribution in [0.2, 0.25) is 0 Å². The molecule has 2 rings (SSSR count). The summed E-state index contributed by atoms with van der Waals surface area (Å²) in [6.45, 7) is 1.99. The highest BCUT2D eigenvalue weighted by Gasteiger charge is 2.10. The normalized spacial score (nSPS) is 12.7. The first-order chi connectivity index (χ1) is 8.08. The highest BCUT2D eigenvalue weighted by Crippen LogP contribution is 2.28. The Morgan fingerprint density at radius 2 is 2.12 bits per heavy atom. The van der Waals surface area contributed by atoms with Crippen LogP contribution in [0.25, 0.3) is 11.3 Å². The maximum Gasteiger partial charge on any atom is 0.0693 e. The Labute approximate surface area is 110 Å². The predicted octanol–water partition coefficient (Wildman–Crippen LogP) is 2.74. The van der Waals surface area contributed by atoms with Crippen LogP contribution in [-0.2, 0) is 13.5 Å². The molecule has 90 valence electrons. The van der Waals surface area contributed by atoms with Gasteiger partial charge in [0.2, 0.25) is 0 Å². The number of hydrogen-bond acceptors (Lipinski definition) is 2. The van der Waals surface area contributed by atoms with Crippen LogP contribution in [0.4, 0.5) is 0 Å². The fourth-order valence-electron chi connectivity index (χ4n) is 1.88. The fourth-order valence-corrected chi connectivity index (χ4v) is 2.37. The Bertz CT molecular complexity index is 517. The first-order valence-corrected chi connectivity index (χ1v) is 6.40. The number of aromatic nitrogens is 2. The first kappa shape index (κ1) is 12.3. The molecule has 0 radical (unpaired) electrons. The summed E-state index contributed by atoms with van der Waals surface area (Å²) in [5, 5.41) is 4.48. The molecule has 0 aliphatic carbocycles. The molecule has 0 spiro atoms. The molecule has 0 saturated heterocycles. The summed E-state index contributed by atoms with van der Waals surface area (Å²) in [6.07, 6.45) is 0.804. The smallest absolute Gasteiger partial charge is 0.0693 e. The van der Waals surface area contributed by atoms with Gasteiger partial charge in [-0.3, -0.25) is 4.68 Å². The van der Waals surface area contributed by atoms with E-state index in [2.05, 4.69) is 33.2 Å². The molecule has 17 heavy (non-hydrogen) atoms. The third-order valence-corrected chi connectivity index (χ3v) is 3.30. The Morgan fingerprint density at radius 1 is 1.41 bits per heavy atom. The minimum absolute atomic E-state index is 0.136. The van der Waals surface area contributed by atoms with Crippen molar-refractivity contribution in [3.63, 3.8) is 0 Å². The molecule has 0 bridgehead atoms. The monoisotopic (exact) mass is 293 g/mol. The quantitative estimate of drug-likeness (QED) is 0.946. The van der Waals surface area contributed by atoms with E-state index >= 15 is 0 Å². The molecular formula is C13H16BrN3. The van der Waals surface area contributed by atoms with Gasteiger partial charge in [-0.2, -0.15) is 5.10 Å². The van der Waals surface area contributed by atoms with Gasteiger partial charge >= 0.3 is 0 Å². The standard InChI is InChI=1S/C13H16BrN3/c1-9(15)7-10-8-13(17(2)16-10)11-5-3-4-6-12(11)14/h3-6,8-9H,7,15H2,1-2H3. The summed E-state index contributed by atoms with van der Waals surface area (Å²) >= 11 is 3.56. The molecule has 2 N–H and O–H groups in total. The Kier molecular flexibility index (Phi) is 3.64. The summed E-state index contributed by atoms with van der Waals surface area (Å²) in [5.74, 6) is 0. The lowest BCUT2D eigenvalue weighted by atomic mass is 10.1. The second kappa shape index (κ2) is 5.02. The van der Waals surface area contributed by atoms with Crippen molar-refractivity contribution in [2.75, 3.05) is 0 Å². The SMILES string of the molecule is CC(N)Cc1cc(-c2ccccc2Br)n(C)n1. The third kappa shape index (κ3) is 2.76. The van der Waals surface area contributed by atoms with Crippen molar-refractivity contribution in [2.24, 2.45) is 12.8 Å². The van der Waals surface area contributed by atoms with E-state index in [0.717, 1.165) is 27.8 Å². The van der Waals surface area contributed by atoms with E-state index in [1.165, 1.54) is 0 Å². The molecule has 1 aromatic heterocycles. The van der Waals surface area contributed by atoms with Gasteiger partial charge < -0.3 is 5.73 Å². The lowest BCUT2D eigenvalue weighted by Gasteiger charge is -2.03. The number of aryl methyl sites for hydroxylation is 1. The molecular weight excluding hydrogens is 278 g/mol. The first-order valence-electron chi connectivity index (χ1n) is 5.61. The summed E-state index contributed by atoms with van der Waals surface area (Å²) < 4.78 is 2.98. The van der Waals surface area contributed by atoms with Gasteiger partial charge in [0.1, 0.15) is 0 Å². The highest BCUT2D eigenvalue weighted by atomic mass is 79.9. The molecule has 1 aromatic carbocycles. The van der Waals surface area contributed by atoms with Gasteiger partial charge in [0.25, 0.3) is 0 Å². The van der Waals surface area contributed by atoms with Gasteiger partial charge in [-0.15, -0.1) is 0 Å². The highest BCUT2D eigenvalue weighted by molar-refractivity contribution is 9.10. The van der Waals surface area contributed by atoms with Crippen molar-refractivity contribution in [1.82, 2.24) is 9.78 Å². The van der Waals surface area contributed by atoms with Gasteiger partial charge in [0.05, 0.1) is 11.4 Å². The predicted molar refractivity (Wildman–Crippen MR) is 73.7 cm³/mol. The van der Waals surface area contributed by atoms with Crippen molar-refractivity contribution in [1.29, 1.82) is 0 Å². The van der Waals surface area contributed by atoms with Crippen LogP contribution >= 0.6 is 15.9 Å². The van der Waals surface area contributed by atoms with E-state index in [4.69, 9.17) is 5.73 Å². The summed E-state index contributed by atoms with van der Waals surface area (Å²) in [5.41, 5.74) is 9.09. The van der Waals surface area contributed by atoms with Gasteiger partial charge in [-0.05, 0) is 19.1 Å². The number of hydrogen-bond donors (Lipinski definition) is 1. The van der Waals surface area contributed by atoms with Crippen LogP contribution < -0.4 is 5.73 Å². The lowest BCUT2D eigenvalue weighted by molar-refractivity contribution is 0.687. The number of rotatable bonds is 3. The molecule has 2 aromatic rings. The van der Waals surface area contributed by atoms with Gasteiger partial charge in [0, 0.05) is 29.5 Å². The van der Waals surface area contributed by atoms with Crippen molar-refractivity contribution in [3.8, 4) is 11.3 Å². The van der Waals surface area contributed by atoms with Gasteiger partial charge in [-0.25, -0.2) is 0 Å². The van der Waals surface area contributed by atoms with Crippen LogP contribution in [0.1, 0.15) is 12.6 Å². The van der Waals surface area contributed by atoms with E-state index in [1.807, 2.05) is 36.9 Å². The zero-order valence-electron chi connectivity index (χ0n) is 10.0. The molecule has 1 heterocycles. The van der Waals surface area contributed by atoms with Crippen LogP contribution in [0, 0.1) is 0 Å². The number of nitrogens with two attached hydrogens (primary N) is 1. The fraction of sp³-hybridized carbons (Fsp3) is 0.308. The molecule has 1 unspecified atom stereocenters. The average Bonchev–Trinajstić information content (AvgIpc) is 2.59. The van der Waals surface area contributed by atoms with Gasteiger partial charge in [-0.1, -0.05) is 34.1 Å². The average molecular weight is 294 g/mol. The van der Waals surface area contributed by atoms with E-state index in [9.17, 15) is 0 Å². The molecule has 0 fully saturated rings. The van der Waals surface area contributed by atoms with Crippen molar-refractivity contribution in [2.45, 2.75) is 19.4 Å². The molecule has 0 saturated carbocycles. The largest absolute Gasteiger partial charge is 0.328 e. The van der Waals surface area contributed by atoms with Crippen LogP contribution in [0.3, 0.4) is 0 Å². The topological polar surface area (TPSA) is 43.8 Å². The molecule has 0 amide bonds. The third-order valence-electron chi connectivity index (χ3n) is 2.61. The molecule has 0 aliphatic rings. The number of benzene rings is 1. The van der Waals surface area contributed by atoms with E-state index in [1.54, 1.807) is 0 Å². The Balaban J connectivity index is 2.40. The molecule has 3 nitrogen and oxygen atoms in total. The van der Waals surface area contributed by atoms with Crippen molar-refractivity contribution in [3.05, 3.63) is 40.5 Å². The van der Waals surface area contributed by atoms with Crippen molar-refractivity contribution < 1.29 is 0 Å². The zero-order chi connectivity index (χ0) is 12.4. The van der Waals surface area contributed by atoms with E-state index in [0.29, 0.717) is 0 Å². The minimum Gasteiger partial charge on any atom is -0.328 e. The lowest BCUT2D eigenvalue weighted by Crippen LogP contribution is -2.18. The second-order valence-corrected chi connectivity index (χ2v) is 5.16. The van der Waals surface area contributed by atoms with Crippen LogP contribution in [0.5, 0.6) is 0 Å². The van der Waals surface area contributed by atoms with Crippen LogP contribution in [-0.4, -0.2) is 15.8 Å². The van der Waals surface area contributed by atoms with Crippen LogP contribution in [0.15, 0.2) is 34.8 Å². The Morgan fingerprint density at radius 3 is 2.76 bits per heavy atom. The van der Waals surface area contributed by atoms with Crippen molar-refractivity contribution >= 4 is 15.9 Å². The van der Waals surface area contributed by atoms with Gasteiger partial charge in [0.15, 0.2) is 0 Å². The zero-order valence-corrected chi connectivity index (χ0v) is 11.6. The number of halogens is 1. The maximum absolute atomic E-state index is 5.79. The Hall–Kier alpha value is -1.13. The minimum atomic E-state index is 0.136. The maximum atomic E-state index is 5.79. The van der Waals surface area contributed by atoms with E-state index in [-0.39, 0.29) is 6.04 Å². The summed E-state index contributed by atoms with van der Waals surface area (Å²) in [6, 6.07) is 10.4. The second-order valence-electron chi connectivity index (χ2n) is 4.31. The molecule has 4 heteroatoms. The molecule has 1 atom stereocenters. The summed E-state index contributed by atoms with van der Waals surface area (Å²) in [7, 11) is 1.96. The number of nitrogens with zero attached hydrogens (tertiary/aromatic N) is 2. The summed E-state index contributed by atoms with van der Waals surface area (Å²) in [4.78, 5) is 0. The molecule has 0 aliphatic heterocycles.